The van der Waals surface area contributed by atoms with E-state index in [9.17, 15) is 0 Å². The second-order valence-corrected chi connectivity index (χ2v) is 4.45. The second-order valence-electron chi connectivity index (χ2n) is 3.60. The number of likely N-dealkylation sites (N-methyl/N-ethyl adjacent to an activating group) is 1. The van der Waals surface area contributed by atoms with Gasteiger partial charge in [0, 0.05) is 16.6 Å². The average Bonchev–Trinajstić information content (AvgIpc) is 2.27. The number of hydrogen-bond donors (Lipinski definition) is 1. The Balaban J connectivity index is 2.86. The molecule has 1 N–H and O–H groups in total. The Morgan fingerprint density at radius 2 is 2.06 bits per heavy atom. The normalized spacial score (nSPS) is 11.9. The number of rotatable bonds is 5. The standard InChI is InChI=1S/C13H17Cl2N/c1-3-10(9-16-4-2)7-11-5-6-12(14)8-13(11)15/h5-8,16H,3-4,9H2,1-2H3. The summed E-state index contributed by atoms with van der Waals surface area (Å²) < 4.78 is 0. The Kier molecular flexibility index (Phi) is 5.89. The van der Waals surface area contributed by atoms with Gasteiger partial charge in [0.2, 0.25) is 0 Å². The van der Waals surface area contributed by atoms with Crippen molar-refractivity contribution in [3.8, 4) is 0 Å². The van der Waals surface area contributed by atoms with Crippen LogP contribution in [0.25, 0.3) is 6.08 Å². The molecule has 0 aliphatic carbocycles. The molecule has 0 aliphatic rings. The smallest absolute Gasteiger partial charge is 0.0493 e. The van der Waals surface area contributed by atoms with E-state index in [-0.39, 0.29) is 0 Å². The molecule has 0 aliphatic heterocycles. The Bertz CT molecular complexity index is 372. The Hall–Kier alpha value is -0.500. The van der Waals surface area contributed by atoms with Crippen LogP contribution in [0, 0.1) is 0 Å². The first kappa shape index (κ1) is 13.6. The third-order valence-corrected chi connectivity index (χ3v) is 2.94. The highest BCUT2D eigenvalue weighted by Gasteiger charge is 2.00. The molecule has 0 aromatic heterocycles. The monoisotopic (exact) mass is 257 g/mol. The van der Waals surface area contributed by atoms with E-state index < -0.39 is 0 Å². The van der Waals surface area contributed by atoms with Crippen LogP contribution >= 0.6 is 23.2 Å². The minimum atomic E-state index is 0.673. The van der Waals surface area contributed by atoms with Gasteiger partial charge in [-0.25, -0.2) is 0 Å². The van der Waals surface area contributed by atoms with E-state index in [1.54, 1.807) is 6.07 Å². The minimum Gasteiger partial charge on any atom is -0.313 e. The summed E-state index contributed by atoms with van der Waals surface area (Å²) >= 11 is 12.0. The largest absolute Gasteiger partial charge is 0.313 e. The van der Waals surface area contributed by atoms with Crippen LogP contribution in [0.1, 0.15) is 25.8 Å². The summed E-state index contributed by atoms with van der Waals surface area (Å²) in [5, 5.41) is 4.69. The summed E-state index contributed by atoms with van der Waals surface area (Å²) in [6.07, 6.45) is 3.15. The maximum atomic E-state index is 6.12. The molecule has 1 aromatic rings. The van der Waals surface area contributed by atoms with Gasteiger partial charge >= 0.3 is 0 Å². The summed E-state index contributed by atoms with van der Waals surface area (Å²) in [5.74, 6) is 0. The van der Waals surface area contributed by atoms with Crippen molar-refractivity contribution in [2.24, 2.45) is 0 Å². The van der Waals surface area contributed by atoms with Crippen LogP contribution in [0.5, 0.6) is 0 Å². The highest BCUT2D eigenvalue weighted by Crippen LogP contribution is 2.23. The van der Waals surface area contributed by atoms with E-state index in [4.69, 9.17) is 23.2 Å². The fourth-order valence-electron chi connectivity index (χ4n) is 1.40. The van der Waals surface area contributed by atoms with Crippen LogP contribution in [0.15, 0.2) is 23.8 Å². The van der Waals surface area contributed by atoms with Gasteiger partial charge < -0.3 is 5.32 Å². The SMILES string of the molecule is CCNCC(=Cc1ccc(Cl)cc1Cl)CC. The van der Waals surface area contributed by atoms with Gasteiger partial charge in [0.25, 0.3) is 0 Å². The summed E-state index contributed by atoms with van der Waals surface area (Å²) in [7, 11) is 0. The Labute approximate surface area is 107 Å². The maximum absolute atomic E-state index is 6.12. The molecule has 0 unspecified atom stereocenters. The third-order valence-electron chi connectivity index (χ3n) is 2.38. The van der Waals surface area contributed by atoms with Gasteiger partial charge in [0.05, 0.1) is 0 Å². The average molecular weight is 258 g/mol. The fraction of sp³-hybridized carbons (Fsp3) is 0.385. The molecule has 3 heteroatoms. The van der Waals surface area contributed by atoms with Gasteiger partial charge in [-0.3, -0.25) is 0 Å². The number of halogens is 2. The first-order valence-electron chi connectivity index (χ1n) is 5.52. The van der Waals surface area contributed by atoms with Crippen LogP contribution in [-0.4, -0.2) is 13.1 Å². The van der Waals surface area contributed by atoms with Crippen molar-refractivity contribution in [3.05, 3.63) is 39.4 Å². The molecule has 0 amide bonds. The highest BCUT2D eigenvalue weighted by atomic mass is 35.5. The summed E-state index contributed by atoms with van der Waals surface area (Å²) in [6.45, 7) is 6.13. The van der Waals surface area contributed by atoms with Crippen molar-refractivity contribution in [1.29, 1.82) is 0 Å². The number of benzene rings is 1. The van der Waals surface area contributed by atoms with Gasteiger partial charge in [-0.1, -0.05) is 54.8 Å². The van der Waals surface area contributed by atoms with Crippen LogP contribution in [0.3, 0.4) is 0 Å². The van der Waals surface area contributed by atoms with Gasteiger partial charge in [-0.05, 0) is 30.7 Å². The van der Waals surface area contributed by atoms with E-state index in [2.05, 4.69) is 25.2 Å². The van der Waals surface area contributed by atoms with Crippen molar-refractivity contribution >= 4 is 29.3 Å². The van der Waals surface area contributed by atoms with E-state index in [1.807, 2.05) is 12.1 Å². The molecule has 16 heavy (non-hydrogen) atoms. The zero-order valence-electron chi connectivity index (χ0n) is 9.69. The molecule has 0 saturated carbocycles. The van der Waals surface area contributed by atoms with Crippen molar-refractivity contribution in [3.63, 3.8) is 0 Å². The quantitative estimate of drug-likeness (QED) is 0.825. The van der Waals surface area contributed by atoms with Gasteiger partial charge in [0.15, 0.2) is 0 Å². The van der Waals surface area contributed by atoms with Gasteiger partial charge in [-0.15, -0.1) is 0 Å². The molecule has 0 spiro atoms. The topological polar surface area (TPSA) is 12.0 Å². The first-order chi connectivity index (χ1) is 7.67. The Morgan fingerprint density at radius 3 is 2.62 bits per heavy atom. The molecular weight excluding hydrogens is 241 g/mol. The lowest BCUT2D eigenvalue weighted by Crippen LogP contribution is -2.15. The molecule has 0 radical (unpaired) electrons. The highest BCUT2D eigenvalue weighted by molar-refractivity contribution is 6.35. The van der Waals surface area contributed by atoms with Crippen LogP contribution < -0.4 is 5.32 Å². The lowest BCUT2D eigenvalue weighted by Gasteiger charge is -2.06. The van der Waals surface area contributed by atoms with E-state index in [0.29, 0.717) is 10.0 Å². The molecule has 0 bridgehead atoms. The zero-order chi connectivity index (χ0) is 12.0. The predicted molar refractivity (Wildman–Crippen MR) is 73.3 cm³/mol. The number of nitrogens with one attached hydrogen (secondary N) is 1. The minimum absolute atomic E-state index is 0.673. The molecule has 88 valence electrons. The molecule has 0 fully saturated rings. The second kappa shape index (κ2) is 6.95. The van der Waals surface area contributed by atoms with Gasteiger partial charge in [-0.2, -0.15) is 0 Å². The van der Waals surface area contributed by atoms with Crippen molar-refractivity contribution in [2.75, 3.05) is 13.1 Å². The zero-order valence-corrected chi connectivity index (χ0v) is 11.2. The van der Waals surface area contributed by atoms with Crippen molar-refractivity contribution in [1.82, 2.24) is 5.32 Å². The molecule has 1 rings (SSSR count). The van der Waals surface area contributed by atoms with E-state index in [1.165, 1.54) is 5.57 Å². The summed E-state index contributed by atoms with van der Waals surface area (Å²) in [6, 6.07) is 5.58. The van der Waals surface area contributed by atoms with E-state index >= 15 is 0 Å². The van der Waals surface area contributed by atoms with Crippen LogP contribution in [0.4, 0.5) is 0 Å². The number of hydrogen-bond acceptors (Lipinski definition) is 1. The summed E-state index contributed by atoms with van der Waals surface area (Å²) in [4.78, 5) is 0. The maximum Gasteiger partial charge on any atom is 0.0493 e. The molecule has 0 atom stereocenters. The molecule has 0 heterocycles. The van der Waals surface area contributed by atoms with Crippen LogP contribution in [-0.2, 0) is 0 Å². The lowest BCUT2D eigenvalue weighted by molar-refractivity contribution is 0.762. The molecule has 0 saturated heterocycles. The fourth-order valence-corrected chi connectivity index (χ4v) is 1.87. The molecule has 1 aromatic carbocycles. The van der Waals surface area contributed by atoms with Crippen molar-refractivity contribution in [2.45, 2.75) is 20.3 Å². The lowest BCUT2D eigenvalue weighted by atomic mass is 10.1. The third kappa shape index (κ3) is 4.17. The Morgan fingerprint density at radius 1 is 1.31 bits per heavy atom. The van der Waals surface area contributed by atoms with Gasteiger partial charge in [0.1, 0.15) is 0 Å². The molecule has 1 nitrogen and oxygen atoms in total. The van der Waals surface area contributed by atoms with Crippen molar-refractivity contribution < 1.29 is 0 Å². The van der Waals surface area contributed by atoms with Crippen LogP contribution in [0.2, 0.25) is 10.0 Å². The predicted octanol–water partition coefficient (Wildman–Crippen LogP) is 4.40. The molecular formula is C13H17Cl2N. The summed E-state index contributed by atoms with van der Waals surface area (Å²) in [5.41, 5.74) is 2.37. The first-order valence-corrected chi connectivity index (χ1v) is 6.28. The van der Waals surface area contributed by atoms with E-state index in [0.717, 1.165) is 25.1 Å².